The first-order chi connectivity index (χ1) is 6.24. The molecule has 68 valence electrons. The number of hydrogen-bond acceptors (Lipinski definition) is 1. The van der Waals surface area contributed by atoms with Gasteiger partial charge in [-0.25, -0.2) is 0 Å². The van der Waals surface area contributed by atoms with E-state index < -0.39 is 0 Å². The molecule has 0 aliphatic heterocycles. The fourth-order valence-corrected chi connectivity index (χ4v) is 1.08. The molecule has 3 heteroatoms. The first-order valence-corrected chi connectivity index (χ1v) is 4.68. The van der Waals surface area contributed by atoms with Crippen LogP contribution in [0.15, 0.2) is 18.2 Å². The van der Waals surface area contributed by atoms with Gasteiger partial charge in [-0.2, -0.15) is 0 Å². The second-order valence-electron chi connectivity index (χ2n) is 2.40. The quantitative estimate of drug-likeness (QED) is 0.563. The number of rotatable bonds is 1. The maximum absolute atomic E-state index is 9.37. The molecule has 0 radical (unpaired) electrons. The minimum absolute atomic E-state index is 0.106. The third-order valence-corrected chi connectivity index (χ3v) is 1.83. The van der Waals surface area contributed by atoms with E-state index in [2.05, 4.69) is 11.8 Å². The van der Waals surface area contributed by atoms with Crippen molar-refractivity contribution in [2.75, 3.05) is 5.88 Å². The molecule has 0 unspecified atom stereocenters. The van der Waals surface area contributed by atoms with Crippen molar-refractivity contribution in [1.29, 1.82) is 0 Å². The van der Waals surface area contributed by atoms with Gasteiger partial charge in [0.15, 0.2) is 0 Å². The maximum Gasteiger partial charge on any atom is 0.132 e. The Bertz CT molecular complexity index is 350. The van der Waals surface area contributed by atoms with Gasteiger partial charge in [0.1, 0.15) is 5.75 Å². The van der Waals surface area contributed by atoms with Gasteiger partial charge in [-0.1, -0.05) is 23.4 Å². The second kappa shape index (κ2) is 5.01. The summed E-state index contributed by atoms with van der Waals surface area (Å²) in [4.78, 5) is 0. The molecular weight excluding hydrogens is 207 g/mol. The zero-order chi connectivity index (χ0) is 9.68. The topological polar surface area (TPSA) is 20.2 Å². The first kappa shape index (κ1) is 10.2. The average molecular weight is 215 g/mol. The predicted molar refractivity (Wildman–Crippen MR) is 55.3 cm³/mol. The Kier molecular flexibility index (Phi) is 3.95. The van der Waals surface area contributed by atoms with E-state index in [-0.39, 0.29) is 5.75 Å². The van der Waals surface area contributed by atoms with Crippen molar-refractivity contribution in [3.8, 4) is 17.6 Å². The third-order valence-electron chi connectivity index (χ3n) is 1.40. The van der Waals surface area contributed by atoms with Crippen LogP contribution in [0.4, 0.5) is 0 Å². The average Bonchev–Trinajstić information content (AvgIpc) is 2.09. The molecule has 1 N–H and O–H groups in total. The van der Waals surface area contributed by atoms with Gasteiger partial charge in [0.25, 0.3) is 0 Å². The smallest absolute Gasteiger partial charge is 0.132 e. The van der Waals surface area contributed by atoms with Gasteiger partial charge in [-0.3, -0.25) is 0 Å². The van der Waals surface area contributed by atoms with Gasteiger partial charge in [0.2, 0.25) is 0 Å². The standard InChI is InChI=1S/C10H8Cl2O/c11-6-2-1-3-8-4-5-9(12)7-10(8)13/h4-5,7,13H,2,6H2. The van der Waals surface area contributed by atoms with Gasteiger partial charge in [-0.15, -0.1) is 11.6 Å². The fraction of sp³-hybridized carbons (Fsp3) is 0.200. The van der Waals surface area contributed by atoms with Crippen LogP contribution in [-0.4, -0.2) is 11.0 Å². The molecule has 0 heterocycles. The summed E-state index contributed by atoms with van der Waals surface area (Å²) in [6.07, 6.45) is 0.615. The van der Waals surface area contributed by atoms with Crippen LogP contribution in [-0.2, 0) is 0 Å². The molecule has 1 nitrogen and oxygen atoms in total. The van der Waals surface area contributed by atoms with Crippen molar-refractivity contribution in [2.24, 2.45) is 0 Å². The lowest BCUT2D eigenvalue weighted by Crippen LogP contribution is -1.76. The molecule has 0 bridgehead atoms. The summed E-state index contributed by atoms with van der Waals surface area (Å²) in [5.41, 5.74) is 0.578. The number of hydrogen-bond donors (Lipinski definition) is 1. The highest BCUT2D eigenvalue weighted by Crippen LogP contribution is 2.20. The number of halogens is 2. The minimum Gasteiger partial charge on any atom is -0.507 e. The van der Waals surface area contributed by atoms with E-state index in [1.807, 2.05) is 0 Å². The van der Waals surface area contributed by atoms with Crippen molar-refractivity contribution in [3.05, 3.63) is 28.8 Å². The fourth-order valence-electron chi connectivity index (χ4n) is 0.815. The highest BCUT2D eigenvalue weighted by Gasteiger charge is 1.97. The molecule has 0 amide bonds. The lowest BCUT2D eigenvalue weighted by atomic mass is 10.2. The Morgan fingerprint density at radius 1 is 1.38 bits per heavy atom. The third kappa shape index (κ3) is 3.18. The normalized spacial score (nSPS) is 9.08. The second-order valence-corrected chi connectivity index (χ2v) is 3.22. The van der Waals surface area contributed by atoms with Crippen LogP contribution in [0.5, 0.6) is 5.75 Å². The van der Waals surface area contributed by atoms with E-state index in [4.69, 9.17) is 23.2 Å². The minimum atomic E-state index is 0.106. The van der Waals surface area contributed by atoms with Gasteiger partial charge in [-0.05, 0) is 18.2 Å². The van der Waals surface area contributed by atoms with Gasteiger partial charge in [0.05, 0.1) is 5.56 Å². The van der Waals surface area contributed by atoms with Crippen LogP contribution >= 0.6 is 23.2 Å². The molecule has 1 aromatic rings. The summed E-state index contributed by atoms with van der Waals surface area (Å²) < 4.78 is 0. The molecular formula is C10H8Cl2O. The Hall–Kier alpha value is -0.840. The number of aromatic hydroxyl groups is 1. The maximum atomic E-state index is 9.37. The number of phenols is 1. The molecule has 0 saturated carbocycles. The van der Waals surface area contributed by atoms with Crippen LogP contribution < -0.4 is 0 Å². The summed E-state index contributed by atoms with van der Waals surface area (Å²) in [7, 11) is 0. The zero-order valence-electron chi connectivity index (χ0n) is 6.85. The number of benzene rings is 1. The Morgan fingerprint density at radius 3 is 2.77 bits per heavy atom. The molecule has 0 aliphatic rings. The molecule has 1 rings (SSSR count). The molecule has 0 aliphatic carbocycles. The van der Waals surface area contributed by atoms with Crippen LogP contribution in [0.1, 0.15) is 12.0 Å². The van der Waals surface area contributed by atoms with Gasteiger partial charge >= 0.3 is 0 Å². The monoisotopic (exact) mass is 214 g/mol. The Morgan fingerprint density at radius 2 is 2.15 bits per heavy atom. The van der Waals surface area contributed by atoms with Crippen LogP contribution in [0, 0.1) is 11.8 Å². The summed E-state index contributed by atoms with van der Waals surface area (Å²) >= 11 is 11.1. The highest BCUT2D eigenvalue weighted by molar-refractivity contribution is 6.30. The van der Waals surface area contributed by atoms with Gasteiger partial charge in [0, 0.05) is 17.3 Å². The lowest BCUT2D eigenvalue weighted by Gasteiger charge is -1.95. The van der Waals surface area contributed by atoms with Crippen LogP contribution in [0.2, 0.25) is 5.02 Å². The van der Waals surface area contributed by atoms with Crippen molar-refractivity contribution < 1.29 is 5.11 Å². The highest BCUT2D eigenvalue weighted by atomic mass is 35.5. The van der Waals surface area contributed by atoms with E-state index in [9.17, 15) is 5.11 Å². The predicted octanol–water partition coefficient (Wildman–Crippen LogP) is 3.03. The molecule has 0 spiro atoms. The van der Waals surface area contributed by atoms with E-state index in [1.165, 1.54) is 6.07 Å². The molecule has 0 fully saturated rings. The molecule has 0 saturated heterocycles. The first-order valence-electron chi connectivity index (χ1n) is 3.77. The molecule has 0 atom stereocenters. The largest absolute Gasteiger partial charge is 0.507 e. The summed E-state index contributed by atoms with van der Waals surface area (Å²) in [5.74, 6) is 6.23. The number of alkyl halides is 1. The number of phenolic OH excluding ortho intramolecular Hbond substituents is 1. The summed E-state index contributed by atoms with van der Waals surface area (Å²) in [6, 6.07) is 4.83. The Balaban J connectivity index is 2.85. The summed E-state index contributed by atoms with van der Waals surface area (Å²) in [6.45, 7) is 0. The van der Waals surface area contributed by atoms with E-state index in [0.29, 0.717) is 22.9 Å². The van der Waals surface area contributed by atoms with Crippen molar-refractivity contribution in [2.45, 2.75) is 6.42 Å². The Labute approximate surface area is 87.3 Å². The van der Waals surface area contributed by atoms with Crippen LogP contribution in [0.3, 0.4) is 0 Å². The van der Waals surface area contributed by atoms with E-state index >= 15 is 0 Å². The molecule has 1 aromatic carbocycles. The zero-order valence-corrected chi connectivity index (χ0v) is 8.36. The van der Waals surface area contributed by atoms with Crippen molar-refractivity contribution >= 4 is 23.2 Å². The van der Waals surface area contributed by atoms with E-state index in [1.54, 1.807) is 12.1 Å². The van der Waals surface area contributed by atoms with Crippen LogP contribution in [0.25, 0.3) is 0 Å². The van der Waals surface area contributed by atoms with Gasteiger partial charge < -0.3 is 5.11 Å². The summed E-state index contributed by atoms with van der Waals surface area (Å²) in [5, 5.41) is 9.87. The molecule has 13 heavy (non-hydrogen) atoms. The lowest BCUT2D eigenvalue weighted by molar-refractivity contribution is 0.474. The van der Waals surface area contributed by atoms with E-state index in [0.717, 1.165) is 0 Å². The SMILES string of the molecule is Oc1cc(Cl)ccc1C#CCCCl. The van der Waals surface area contributed by atoms with Crippen molar-refractivity contribution in [3.63, 3.8) is 0 Å². The van der Waals surface area contributed by atoms with Crippen molar-refractivity contribution in [1.82, 2.24) is 0 Å². The molecule has 0 aromatic heterocycles.